The molecule has 0 aliphatic carbocycles. The van der Waals surface area contributed by atoms with Crippen LogP contribution in [0.2, 0.25) is 0 Å². The highest BCUT2D eigenvalue weighted by molar-refractivity contribution is 6.01. The largest absolute Gasteiger partial charge is 0.497 e. The predicted octanol–water partition coefficient (Wildman–Crippen LogP) is 4.78. The molecule has 3 aromatic carbocycles. The molecule has 0 saturated heterocycles. The summed E-state index contributed by atoms with van der Waals surface area (Å²) in [5.74, 6) is 1.63. The van der Waals surface area contributed by atoms with Crippen LogP contribution in [0.15, 0.2) is 66.2 Å². The molecule has 0 aliphatic heterocycles. The molecule has 37 heavy (non-hydrogen) atoms. The Bertz CT molecular complexity index is 1370. The van der Waals surface area contributed by atoms with Gasteiger partial charge in [0, 0.05) is 23.7 Å². The Morgan fingerprint density at radius 3 is 2.43 bits per heavy atom. The Balaban J connectivity index is 1.75. The Labute approximate surface area is 216 Å². The fraction of sp³-hybridized carbons (Fsp3) is 0.207. The van der Waals surface area contributed by atoms with Gasteiger partial charge >= 0.3 is 0 Å². The van der Waals surface area contributed by atoms with Crippen molar-refractivity contribution in [2.45, 2.75) is 20.1 Å². The van der Waals surface area contributed by atoms with E-state index in [4.69, 9.17) is 18.9 Å². The third kappa shape index (κ3) is 7.03. The molecule has 0 saturated carbocycles. The maximum atomic E-state index is 12.7. The molecule has 0 unspecified atom stereocenters. The summed E-state index contributed by atoms with van der Waals surface area (Å²) in [7, 11) is 3.09. The molecule has 3 rings (SSSR count). The van der Waals surface area contributed by atoms with E-state index in [1.54, 1.807) is 55.6 Å². The molecule has 0 spiro atoms. The van der Waals surface area contributed by atoms with Crippen molar-refractivity contribution in [2.24, 2.45) is 0 Å². The van der Waals surface area contributed by atoms with Gasteiger partial charge in [-0.05, 0) is 48.9 Å². The van der Waals surface area contributed by atoms with Gasteiger partial charge in [0.15, 0.2) is 11.5 Å². The highest BCUT2D eigenvalue weighted by atomic mass is 16.5. The monoisotopic (exact) mass is 497 g/mol. The lowest BCUT2D eigenvalue weighted by atomic mass is 10.1. The number of benzene rings is 3. The second kappa shape index (κ2) is 13.2. The minimum absolute atomic E-state index is 0.0634. The first kappa shape index (κ1) is 26.7. The van der Waals surface area contributed by atoms with E-state index in [1.807, 2.05) is 25.1 Å². The SMILES string of the molecule is CCOc1cc(/C=C(\C#N)C(=O)NCc2ccc(OC)cc2OC)ccc1OCc1ccccc1C#N. The van der Waals surface area contributed by atoms with Crippen LogP contribution in [0, 0.1) is 22.7 Å². The minimum Gasteiger partial charge on any atom is -0.497 e. The van der Waals surface area contributed by atoms with Gasteiger partial charge in [-0.2, -0.15) is 10.5 Å². The Morgan fingerprint density at radius 1 is 0.919 bits per heavy atom. The Morgan fingerprint density at radius 2 is 1.73 bits per heavy atom. The van der Waals surface area contributed by atoms with Crippen molar-refractivity contribution < 1.29 is 23.7 Å². The van der Waals surface area contributed by atoms with Crippen molar-refractivity contribution in [3.63, 3.8) is 0 Å². The lowest BCUT2D eigenvalue weighted by Gasteiger charge is -2.13. The lowest BCUT2D eigenvalue weighted by molar-refractivity contribution is -0.117. The van der Waals surface area contributed by atoms with Gasteiger partial charge in [0.1, 0.15) is 29.7 Å². The maximum Gasteiger partial charge on any atom is 0.262 e. The number of methoxy groups -OCH3 is 2. The van der Waals surface area contributed by atoms with Crippen molar-refractivity contribution >= 4 is 12.0 Å². The summed E-state index contributed by atoms with van der Waals surface area (Å²) >= 11 is 0. The van der Waals surface area contributed by atoms with Gasteiger partial charge in [0.2, 0.25) is 0 Å². The summed E-state index contributed by atoms with van der Waals surface area (Å²) in [6.07, 6.45) is 1.48. The van der Waals surface area contributed by atoms with E-state index in [1.165, 1.54) is 13.2 Å². The highest BCUT2D eigenvalue weighted by Gasteiger charge is 2.13. The molecule has 0 aromatic heterocycles. The normalized spacial score (nSPS) is 10.6. The molecular weight excluding hydrogens is 470 g/mol. The van der Waals surface area contributed by atoms with E-state index in [-0.39, 0.29) is 18.7 Å². The van der Waals surface area contributed by atoms with Gasteiger partial charge in [-0.1, -0.05) is 24.3 Å². The number of ether oxygens (including phenoxy) is 4. The summed E-state index contributed by atoms with van der Waals surface area (Å²) in [6, 6.07) is 21.7. The van der Waals surface area contributed by atoms with Crippen LogP contribution in [0.3, 0.4) is 0 Å². The molecule has 0 fully saturated rings. The maximum absolute atomic E-state index is 12.7. The summed E-state index contributed by atoms with van der Waals surface area (Å²) in [4.78, 5) is 12.7. The van der Waals surface area contributed by atoms with E-state index in [2.05, 4.69) is 11.4 Å². The summed E-state index contributed by atoms with van der Waals surface area (Å²) in [6.45, 7) is 2.61. The zero-order chi connectivity index (χ0) is 26.6. The number of nitrogens with zero attached hydrogens (tertiary/aromatic N) is 2. The predicted molar refractivity (Wildman–Crippen MR) is 138 cm³/mol. The summed E-state index contributed by atoms with van der Waals surface area (Å²) in [5.41, 5.74) is 2.57. The second-order valence-electron chi connectivity index (χ2n) is 7.73. The molecule has 0 atom stereocenters. The molecule has 188 valence electrons. The van der Waals surface area contributed by atoms with Crippen molar-refractivity contribution in [1.82, 2.24) is 5.32 Å². The number of carbonyl (C=O) groups excluding carboxylic acids is 1. The zero-order valence-corrected chi connectivity index (χ0v) is 20.9. The van der Waals surface area contributed by atoms with Crippen LogP contribution in [0.4, 0.5) is 0 Å². The molecule has 0 bridgehead atoms. The molecule has 8 nitrogen and oxygen atoms in total. The fourth-order valence-corrected chi connectivity index (χ4v) is 3.50. The van der Waals surface area contributed by atoms with E-state index < -0.39 is 5.91 Å². The van der Waals surface area contributed by atoms with Crippen molar-refractivity contribution in [1.29, 1.82) is 10.5 Å². The fourth-order valence-electron chi connectivity index (χ4n) is 3.50. The number of nitriles is 2. The van der Waals surface area contributed by atoms with Crippen molar-refractivity contribution in [2.75, 3.05) is 20.8 Å². The third-order valence-corrected chi connectivity index (χ3v) is 5.40. The summed E-state index contributed by atoms with van der Waals surface area (Å²) in [5, 5.41) is 21.6. The number of rotatable bonds is 11. The van der Waals surface area contributed by atoms with Gasteiger partial charge < -0.3 is 24.3 Å². The number of hydrogen-bond donors (Lipinski definition) is 1. The highest BCUT2D eigenvalue weighted by Crippen LogP contribution is 2.30. The van der Waals surface area contributed by atoms with Crippen LogP contribution in [0.5, 0.6) is 23.0 Å². The van der Waals surface area contributed by atoms with Crippen LogP contribution in [-0.2, 0) is 17.9 Å². The van der Waals surface area contributed by atoms with Crippen LogP contribution in [-0.4, -0.2) is 26.7 Å². The van der Waals surface area contributed by atoms with Gasteiger partial charge in [0.25, 0.3) is 5.91 Å². The summed E-state index contributed by atoms with van der Waals surface area (Å²) < 4.78 is 22.2. The van der Waals surface area contributed by atoms with E-state index in [0.29, 0.717) is 40.7 Å². The minimum atomic E-state index is -0.522. The molecule has 0 heterocycles. The number of nitrogens with one attached hydrogen (secondary N) is 1. The van der Waals surface area contributed by atoms with Crippen LogP contribution >= 0.6 is 0 Å². The molecule has 1 N–H and O–H groups in total. The number of amides is 1. The molecule has 0 aliphatic rings. The molecule has 0 radical (unpaired) electrons. The van der Waals surface area contributed by atoms with Gasteiger partial charge in [-0.25, -0.2) is 0 Å². The molecule has 8 heteroatoms. The Hall–Kier alpha value is -4.95. The van der Waals surface area contributed by atoms with Crippen LogP contribution in [0.25, 0.3) is 6.08 Å². The van der Waals surface area contributed by atoms with Crippen LogP contribution in [0.1, 0.15) is 29.2 Å². The average Bonchev–Trinajstić information content (AvgIpc) is 2.94. The van der Waals surface area contributed by atoms with Crippen molar-refractivity contribution in [3.05, 3.63) is 88.5 Å². The first-order valence-corrected chi connectivity index (χ1v) is 11.5. The topological polar surface area (TPSA) is 114 Å². The van der Waals surface area contributed by atoms with Gasteiger partial charge in [0.05, 0.1) is 32.5 Å². The third-order valence-electron chi connectivity index (χ3n) is 5.40. The lowest BCUT2D eigenvalue weighted by Crippen LogP contribution is -2.24. The van der Waals surface area contributed by atoms with Gasteiger partial charge in [-0.3, -0.25) is 4.79 Å². The first-order valence-electron chi connectivity index (χ1n) is 11.5. The quantitative estimate of drug-likeness (QED) is 0.300. The zero-order valence-electron chi connectivity index (χ0n) is 20.9. The van der Waals surface area contributed by atoms with E-state index in [9.17, 15) is 15.3 Å². The first-order chi connectivity index (χ1) is 18.0. The average molecular weight is 498 g/mol. The molecule has 3 aromatic rings. The van der Waals surface area contributed by atoms with Crippen molar-refractivity contribution in [3.8, 4) is 35.1 Å². The molecular formula is C29H27N3O5. The second-order valence-corrected chi connectivity index (χ2v) is 7.73. The standard InChI is InChI=1S/C29H27N3O5/c1-4-36-28-14-20(9-12-26(28)37-19-23-8-6-5-7-21(23)16-30)13-24(17-31)29(33)32-18-22-10-11-25(34-2)15-27(22)35-3/h5-15H,4,18-19H2,1-3H3,(H,32,33)/b24-13+. The van der Waals surface area contributed by atoms with Crippen LogP contribution < -0.4 is 24.3 Å². The Kier molecular flexibility index (Phi) is 9.52. The van der Waals surface area contributed by atoms with Gasteiger partial charge in [-0.15, -0.1) is 0 Å². The smallest absolute Gasteiger partial charge is 0.262 e. The van der Waals surface area contributed by atoms with E-state index >= 15 is 0 Å². The number of carbonyl (C=O) groups is 1. The number of hydrogen-bond acceptors (Lipinski definition) is 7. The molecule has 1 amide bonds. The van der Waals surface area contributed by atoms with E-state index in [0.717, 1.165) is 11.1 Å².